The van der Waals surface area contributed by atoms with E-state index in [-0.39, 0.29) is 22.9 Å². The van der Waals surface area contributed by atoms with Crippen LogP contribution in [0.5, 0.6) is 0 Å². The molecule has 0 radical (unpaired) electrons. The number of methoxy groups -OCH3 is 1. The van der Waals surface area contributed by atoms with Gasteiger partial charge in [-0.3, -0.25) is 4.79 Å². The summed E-state index contributed by atoms with van der Waals surface area (Å²) in [5.74, 6) is 0. The van der Waals surface area contributed by atoms with Gasteiger partial charge in [-0.15, -0.1) is 11.3 Å². The number of hydrogen-bond acceptors (Lipinski definition) is 5. The van der Waals surface area contributed by atoms with Crippen LogP contribution in [-0.4, -0.2) is 38.0 Å². The Morgan fingerprint density at radius 1 is 1.22 bits per heavy atom. The third-order valence-corrected chi connectivity index (χ3v) is 7.58. The molecular formula is C19H22N2O4S2. The molecule has 0 saturated carbocycles. The molecule has 0 unspecified atom stereocenters. The van der Waals surface area contributed by atoms with Crippen molar-refractivity contribution in [1.29, 1.82) is 0 Å². The zero-order valence-electron chi connectivity index (χ0n) is 15.3. The molecule has 2 aromatic heterocycles. The highest BCUT2D eigenvalue weighted by atomic mass is 32.2. The summed E-state index contributed by atoms with van der Waals surface area (Å²) in [6.07, 6.45) is 0.547. The van der Waals surface area contributed by atoms with Crippen molar-refractivity contribution < 1.29 is 13.2 Å². The van der Waals surface area contributed by atoms with Crippen molar-refractivity contribution >= 4 is 32.3 Å². The number of thiophene rings is 1. The lowest BCUT2D eigenvalue weighted by Crippen LogP contribution is -2.33. The third kappa shape index (κ3) is 4.30. The number of pyridine rings is 1. The number of nitrogens with zero attached hydrogens (tertiary/aromatic N) is 1. The quantitative estimate of drug-likeness (QED) is 0.583. The van der Waals surface area contributed by atoms with Crippen LogP contribution in [0.3, 0.4) is 0 Å². The smallest absolute Gasteiger partial charge is 0.252 e. The lowest BCUT2D eigenvalue weighted by molar-refractivity contribution is 0.186. The first-order valence-electron chi connectivity index (χ1n) is 8.57. The Labute approximate surface area is 162 Å². The van der Waals surface area contributed by atoms with Crippen LogP contribution in [0.2, 0.25) is 0 Å². The van der Waals surface area contributed by atoms with Gasteiger partial charge in [0, 0.05) is 32.4 Å². The zero-order chi connectivity index (χ0) is 19.4. The summed E-state index contributed by atoms with van der Waals surface area (Å²) < 4.78 is 32.7. The lowest BCUT2D eigenvalue weighted by Gasteiger charge is -2.21. The minimum absolute atomic E-state index is 0.0170. The Balaban J connectivity index is 1.98. The van der Waals surface area contributed by atoms with Crippen LogP contribution < -0.4 is 5.56 Å². The predicted molar refractivity (Wildman–Crippen MR) is 108 cm³/mol. The topological polar surface area (TPSA) is 79.5 Å². The largest absolute Gasteiger partial charge is 0.385 e. The first kappa shape index (κ1) is 19.8. The highest BCUT2D eigenvalue weighted by molar-refractivity contribution is 7.91. The fraction of sp³-hybridized carbons (Fsp3) is 0.316. The number of fused-ring (bicyclic) bond motifs is 1. The van der Waals surface area contributed by atoms with E-state index in [1.807, 2.05) is 25.1 Å². The molecule has 0 bridgehead atoms. The van der Waals surface area contributed by atoms with E-state index < -0.39 is 10.0 Å². The second kappa shape index (κ2) is 8.35. The number of H-pyrrole nitrogens is 1. The Morgan fingerprint density at radius 3 is 2.74 bits per heavy atom. The van der Waals surface area contributed by atoms with E-state index in [9.17, 15) is 13.2 Å². The first-order valence-corrected chi connectivity index (χ1v) is 10.9. The van der Waals surface area contributed by atoms with Crippen molar-refractivity contribution in [1.82, 2.24) is 9.29 Å². The number of benzene rings is 1. The number of nitrogens with one attached hydrogen (secondary N) is 1. The molecule has 144 valence electrons. The molecule has 0 fully saturated rings. The minimum atomic E-state index is -3.67. The van der Waals surface area contributed by atoms with E-state index in [1.165, 1.54) is 15.6 Å². The number of para-hydroxylation sites is 1. The van der Waals surface area contributed by atoms with Gasteiger partial charge in [-0.05, 0) is 41.8 Å². The van der Waals surface area contributed by atoms with Crippen LogP contribution in [0.25, 0.3) is 10.9 Å². The highest BCUT2D eigenvalue weighted by Crippen LogP contribution is 2.23. The third-order valence-electron chi connectivity index (χ3n) is 4.36. The number of aromatic nitrogens is 1. The summed E-state index contributed by atoms with van der Waals surface area (Å²) >= 11 is 1.17. The van der Waals surface area contributed by atoms with Crippen molar-refractivity contribution in [2.75, 3.05) is 20.3 Å². The van der Waals surface area contributed by atoms with Crippen molar-refractivity contribution in [2.45, 2.75) is 24.1 Å². The molecule has 3 rings (SSSR count). The molecule has 0 atom stereocenters. The molecule has 1 N–H and O–H groups in total. The fourth-order valence-electron chi connectivity index (χ4n) is 2.94. The fourth-order valence-corrected chi connectivity index (χ4v) is 5.54. The van der Waals surface area contributed by atoms with Gasteiger partial charge >= 0.3 is 0 Å². The monoisotopic (exact) mass is 406 g/mol. The molecular weight excluding hydrogens is 384 g/mol. The van der Waals surface area contributed by atoms with Gasteiger partial charge in [0.05, 0.1) is 5.52 Å². The Hall–Kier alpha value is -2.00. The molecule has 0 aliphatic carbocycles. The number of aromatic amines is 1. The van der Waals surface area contributed by atoms with Gasteiger partial charge in [0.1, 0.15) is 4.21 Å². The Kier molecular flexibility index (Phi) is 6.11. The molecule has 3 aromatic rings. The minimum Gasteiger partial charge on any atom is -0.385 e. The average molecular weight is 407 g/mol. The summed E-state index contributed by atoms with van der Waals surface area (Å²) in [6, 6.07) is 10.8. The van der Waals surface area contributed by atoms with Gasteiger partial charge in [0.15, 0.2) is 0 Å². The first-order chi connectivity index (χ1) is 12.9. The number of ether oxygens (including phenoxy) is 1. The molecule has 27 heavy (non-hydrogen) atoms. The molecule has 0 spiro atoms. The zero-order valence-corrected chi connectivity index (χ0v) is 16.9. The normalized spacial score (nSPS) is 12.1. The summed E-state index contributed by atoms with van der Waals surface area (Å²) in [5, 5.41) is 2.61. The second-order valence-electron chi connectivity index (χ2n) is 6.28. The number of sulfonamides is 1. The van der Waals surface area contributed by atoms with E-state index in [0.717, 1.165) is 16.5 Å². The van der Waals surface area contributed by atoms with E-state index in [2.05, 4.69) is 4.98 Å². The Bertz CT molecular complexity index is 1070. The van der Waals surface area contributed by atoms with Gasteiger partial charge in [0.2, 0.25) is 0 Å². The molecule has 8 heteroatoms. The molecule has 6 nitrogen and oxygen atoms in total. The standard InChI is InChI=1S/C19H22N2O4S2/c1-14-6-3-7-15-12-16(19(22)20-18(14)15)13-21(9-5-10-25-2)27(23,24)17-8-4-11-26-17/h3-4,6-8,11-12H,5,9-10,13H2,1-2H3,(H,20,22). The van der Waals surface area contributed by atoms with Crippen LogP contribution >= 0.6 is 11.3 Å². The van der Waals surface area contributed by atoms with Gasteiger partial charge in [-0.25, -0.2) is 8.42 Å². The number of rotatable bonds is 8. The van der Waals surface area contributed by atoms with E-state index in [4.69, 9.17) is 4.74 Å². The summed E-state index contributed by atoms with van der Waals surface area (Å²) in [6.45, 7) is 2.67. The van der Waals surface area contributed by atoms with E-state index in [0.29, 0.717) is 18.6 Å². The lowest BCUT2D eigenvalue weighted by atomic mass is 10.1. The average Bonchev–Trinajstić information content (AvgIpc) is 3.18. The molecule has 0 aliphatic heterocycles. The second-order valence-corrected chi connectivity index (χ2v) is 9.39. The molecule has 2 heterocycles. The number of aryl methyl sites for hydroxylation is 1. The SMILES string of the molecule is COCCCN(Cc1cc2cccc(C)c2[nH]c1=O)S(=O)(=O)c1cccs1. The molecule has 0 saturated heterocycles. The van der Waals surface area contributed by atoms with E-state index in [1.54, 1.807) is 30.7 Å². The number of hydrogen-bond donors (Lipinski definition) is 1. The highest BCUT2D eigenvalue weighted by Gasteiger charge is 2.26. The van der Waals surface area contributed by atoms with Gasteiger partial charge in [0.25, 0.3) is 15.6 Å². The van der Waals surface area contributed by atoms with Gasteiger partial charge in [-0.2, -0.15) is 4.31 Å². The maximum Gasteiger partial charge on any atom is 0.252 e. The van der Waals surface area contributed by atoms with Crippen molar-refractivity contribution in [2.24, 2.45) is 0 Å². The van der Waals surface area contributed by atoms with Crippen LogP contribution in [0.1, 0.15) is 17.5 Å². The Morgan fingerprint density at radius 2 is 2.04 bits per heavy atom. The molecule has 1 aromatic carbocycles. The van der Waals surface area contributed by atoms with Crippen molar-refractivity contribution in [3.63, 3.8) is 0 Å². The maximum absolute atomic E-state index is 13.0. The summed E-state index contributed by atoms with van der Waals surface area (Å²) in [5.41, 5.74) is 1.90. The van der Waals surface area contributed by atoms with Crippen molar-refractivity contribution in [3.05, 3.63) is 63.3 Å². The predicted octanol–water partition coefficient (Wildman–Crippen LogP) is 3.13. The van der Waals surface area contributed by atoms with Crippen LogP contribution in [0.4, 0.5) is 0 Å². The van der Waals surface area contributed by atoms with Crippen LogP contribution in [0, 0.1) is 6.92 Å². The van der Waals surface area contributed by atoms with Crippen LogP contribution in [0.15, 0.2) is 50.8 Å². The van der Waals surface area contributed by atoms with Gasteiger partial charge < -0.3 is 9.72 Å². The van der Waals surface area contributed by atoms with Crippen molar-refractivity contribution in [3.8, 4) is 0 Å². The maximum atomic E-state index is 13.0. The van der Waals surface area contributed by atoms with E-state index >= 15 is 0 Å². The summed E-state index contributed by atoms with van der Waals surface area (Å²) in [7, 11) is -2.09. The molecule has 0 amide bonds. The molecule has 0 aliphatic rings. The summed E-state index contributed by atoms with van der Waals surface area (Å²) in [4.78, 5) is 15.5. The van der Waals surface area contributed by atoms with Gasteiger partial charge in [-0.1, -0.05) is 24.3 Å². The van der Waals surface area contributed by atoms with Crippen LogP contribution in [-0.2, 0) is 21.3 Å².